The Kier molecular flexibility index (Phi) is 5.41. The molecule has 74 valence electrons. The van der Waals surface area contributed by atoms with E-state index in [0.29, 0.717) is 13.1 Å². The van der Waals surface area contributed by atoms with Gasteiger partial charge in [-0.15, -0.1) is 0 Å². The van der Waals surface area contributed by atoms with Crippen LogP contribution in [0.2, 0.25) is 0 Å². The van der Waals surface area contributed by atoms with Gasteiger partial charge in [0.2, 0.25) is 0 Å². The topological polar surface area (TPSA) is 61.7 Å². The SMILES string of the molecule is COC(C)(C)CNC[C@H](O)CO. The van der Waals surface area contributed by atoms with Crippen LogP contribution in [-0.2, 0) is 4.74 Å². The van der Waals surface area contributed by atoms with E-state index >= 15 is 0 Å². The van der Waals surface area contributed by atoms with Gasteiger partial charge in [-0.25, -0.2) is 0 Å². The van der Waals surface area contributed by atoms with E-state index in [2.05, 4.69) is 5.32 Å². The molecule has 0 spiro atoms. The monoisotopic (exact) mass is 177 g/mol. The van der Waals surface area contributed by atoms with Gasteiger partial charge in [0.05, 0.1) is 18.3 Å². The van der Waals surface area contributed by atoms with Crippen molar-refractivity contribution in [2.24, 2.45) is 0 Å². The van der Waals surface area contributed by atoms with Crippen LogP contribution in [0.5, 0.6) is 0 Å². The normalized spacial score (nSPS) is 14.8. The third-order valence-corrected chi connectivity index (χ3v) is 1.69. The molecule has 0 aromatic carbocycles. The molecule has 0 saturated carbocycles. The fourth-order valence-electron chi connectivity index (χ4n) is 0.677. The second-order valence-corrected chi connectivity index (χ2v) is 3.43. The molecule has 4 heteroatoms. The lowest BCUT2D eigenvalue weighted by Gasteiger charge is -2.23. The second kappa shape index (κ2) is 5.48. The van der Waals surface area contributed by atoms with E-state index < -0.39 is 6.10 Å². The molecule has 0 aromatic heterocycles. The summed E-state index contributed by atoms with van der Waals surface area (Å²) in [5, 5.41) is 20.5. The predicted molar refractivity (Wildman–Crippen MR) is 47.1 cm³/mol. The van der Waals surface area contributed by atoms with Crippen LogP contribution in [0.15, 0.2) is 0 Å². The van der Waals surface area contributed by atoms with Crippen molar-refractivity contribution in [3.63, 3.8) is 0 Å². The molecule has 0 heterocycles. The van der Waals surface area contributed by atoms with E-state index in [4.69, 9.17) is 14.9 Å². The molecule has 4 nitrogen and oxygen atoms in total. The number of aliphatic hydroxyl groups excluding tert-OH is 2. The van der Waals surface area contributed by atoms with Crippen LogP contribution in [-0.4, -0.2) is 48.7 Å². The summed E-state index contributed by atoms with van der Waals surface area (Å²) in [6, 6.07) is 0. The van der Waals surface area contributed by atoms with E-state index in [1.54, 1.807) is 7.11 Å². The Morgan fingerprint density at radius 2 is 2.08 bits per heavy atom. The molecule has 0 saturated heterocycles. The van der Waals surface area contributed by atoms with Crippen molar-refractivity contribution >= 4 is 0 Å². The average Bonchev–Trinajstić information content (AvgIpc) is 2.04. The fourth-order valence-corrected chi connectivity index (χ4v) is 0.677. The molecule has 1 atom stereocenters. The third kappa shape index (κ3) is 5.49. The van der Waals surface area contributed by atoms with Crippen LogP contribution in [0, 0.1) is 0 Å². The summed E-state index contributed by atoms with van der Waals surface area (Å²) in [5.74, 6) is 0. The van der Waals surface area contributed by atoms with Crippen LogP contribution in [0.1, 0.15) is 13.8 Å². The lowest BCUT2D eigenvalue weighted by atomic mass is 10.1. The summed E-state index contributed by atoms with van der Waals surface area (Å²) >= 11 is 0. The zero-order chi connectivity index (χ0) is 9.61. The molecular formula is C8H19NO3. The summed E-state index contributed by atoms with van der Waals surface area (Å²) in [6.07, 6.45) is -0.683. The Morgan fingerprint density at radius 3 is 2.50 bits per heavy atom. The summed E-state index contributed by atoms with van der Waals surface area (Å²) in [6.45, 7) is 4.74. The fraction of sp³-hybridized carbons (Fsp3) is 1.00. The number of rotatable bonds is 6. The number of nitrogens with one attached hydrogen (secondary N) is 1. The van der Waals surface area contributed by atoms with Crippen molar-refractivity contribution in [1.29, 1.82) is 0 Å². The first-order valence-electron chi connectivity index (χ1n) is 4.06. The number of aliphatic hydroxyl groups is 2. The maximum atomic E-state index is 8.97. The van der Waals surface area contributed by atoms with E-state index in [1.807, 2.05) is 13.8 Å². The van der Waals surface area contributed by atoms with Crippen molar-refractivity contribution in [3.8, 4) is 0 Å². The Labute approximate surface area is 73.5 Å². The lowest BCUT2D eigenvalue weighted by molar-refractivity contribution is 0.0185. The number of hydrogen-bond donors (Lipinski definition) is 3. The Hall–Kier alpha value is -0.160. The Morgan fingerprint density at radius 1 is 1.50 bits per heavy atom. The molecule has 3 N–H and O–H groups in total. The molecule has 12 heavy (non-hydrogen) atoms. The highest BCUT2D eigenvalue weighted by Crippen LogP contribution is 2.04. The minimum absolute atomic E-state index is 0.208. The first-order chi connectivity index (χ1) is 5.52. The van der Waals surface area contributed by atoms with Gasteiger partial charge in [0.25, 0.3) is 0 Å². The first-order valence-corrected chi connectivity index (χ1v) is 4.06. The molecule has 0 aromatic rings. The van der Waals surface area contributed by atoms with Crippen LogP contribution >= 0.6 is 0 Å². The van der Waals surface area contributed by atoms with Gasteiger partial charge < -0.3 is 20.3 Å². The molecule has 0 bridgehead atoms. The summed E-state index contributed by atoms with van der Waals surface area (Å²) < 4.78 is 5.15. The Balaban J connectivity index is 3.42. The van der Waals surface area contributed by atoms with Gasteiger partial charge in [-0.3, -0.25) is 0 Å². The molecule has 0 aliphatic heterocycles. The smallest absolute Gasteiger partial charge is 0.0894 e. The average molecular weight is 177 g/mol. The van der Waals surface area contributed by atoms with Crippen molar-refractivity contribution in [1.82, 2.24) is 5.32 Å². The molecule has 0 amide bonds. The molecule has 0 unspecified atom stereocenters. The highest BCUT2D eigenvalue weighted by atomic mass is 16.5. The summed E-state index contributed by atoms with van der Waals surface area (Å²) in [5.41, 5.74) is -0.227. The number of ether oxygens (including phenoxy) is 1. The van der Waals surface area contributed by atoms with Gasteiger partial charge in [0, 0.05) is 20.2 Å². The zero-order valence-electron chi connectivity index (χ0n) is 8.00. The summed E-state index contributed by atoms with van der Waals surface area (Å²) in [7, 11) is 1.64. The van der Waals surface area contributed by atoms with Gasteiger partial charge in [0.1, 0.15) is 0 Å². The van der Waals surface area contributed by atoms with Crippen LogP contribution < -0.4 is 5.32 Å². The second-order valence-electron chi connectivity index (χ2n) is 3.43. The predicted octanol–water partition coefficient (Wildman–Crippen LogP) is -0.646. The van der Waals surface area contributed by atoms with E-state index in [0.717, 1.165) is 0 Å². The van der Waals surface area contributed by atoms with Crippen LogP contribution in [0.3, 0.4) is 0 Å². The maximum Gasteiger partial charge on any atom is 0.0894 e. The maximum absolute atomic E-state index is 8.97. The Bertz CT molecular complexity index is 117. The van der Waals surface area contributed by atoms with E-state index in [-0.39, 0.29) is 12.2 Å². The number of methoxy groups -OCH3 is 1. The van der Waals surface area contributed by atoms with Gasteiger partial charge in [0.15, 0.2) is 0 Å². The van der Waals surface area contributed by atoms with Crippen LogP contribution in [0.4, 0.5) is 0 Å². The largest absolute Gasteiger partial charge is 0.394 e. The molecule has 0 rings (SSSR count). The lowest BCUT2D eigenvalue weighted by Crippen LogP contribution is -2.40. The van der Waals surface area contributed by atoms with Crippen molar-refractivity contribution in [2.45, 2.75) is 25.6 Å². The van der Waals surface area contributed by atoms with Crippen molar-refractivity contribution < 1.29 is 14.9 Å². The van der Waals surface area contributed by atoms with Crippen molar-refractivity contribution in [2.75, 3.05) is 26.8 Å². The first kappa shape index (κ1) is 11.8. The summed E-state index contributed by atoms with van der Waals surface area (Å²) in [4.78, 5) is 0. The standard InChI is InChI=1S/C8H19NO3/c1-8(2,12-3)6-9-4-7(11)5-10/h7,9-11H,4-6H2,1-3H3/t7-/m0/s1. The molecule has 0 radical (unpaired) electrons. The van der Waals surface area contributed by atoms with Gasteiger partial charge in [-0.2, -0.15) is 0 Å². The van der Waals surface area contributed by atoms with E-state index in [1.165, 1.54) is 0 Å². The molecule has 0 aliphatic rings. The quantitative estimate of drug-likeness (QED) is 0.505. The molecule has 0 aliphatic carbocycles. The van der Waals surface area contributed by atoms with Crippen LogP contribution in [0.25, 0.3) is 0 Å². The minimum Gasteiger partial charge on any atom is -0.394 e. The third-order valence-electron chi connectivity index (χ3n) is 1.69. The highest BCUT2D eigenvalue weighted by molar-refractivity contribution is 4.71. The molecule has 0 fully saturated rings. The van der Waals surface area contributed by atoms with Gasteiger partial charge >= 0.3 is 0 Å². The van der Waals surface area contributed by atoms with Crippen molar-refractivity contribution in [3.05, 3.63) is 0 Å². The highest BCUT2D eigenvalue weighted by Gasteiger charge is 2.15. The minimum atomic E-state index is -0.683. The zero-order valence-corrected chi connectivity index (χ0v) is 8.00. The van der Waals surface area contributed by atoms with Gasteiger partial charge in [-0.1, -0.05) is 0 Å². The molecular weight excluding hydrogens is 158 g/mol. The van der Waals surface area contributed by atoms with E-state index in [9.17, 15) is 0 Å². The number of hydrogen-bond acceptors (Lipinski definition) is 4. The van der Waals surface area contributed by atoms with Gasteiger partial charge in [-0.05, 0) is 13.8 Å².